The van der Waals surface area contributed by atoms with Gasteiger partial charge in [-0.3, -0.25) is 0 Å². The van der Waals surface area contributed by atoms with Crippen molar-refractivity contribution < 1.29 is 4.42 Å². The number of hydrogen-bond donors (Lipinski definition) is 1. The van der Waals surface area contributed by atoms with E-state index in [1.54, 1.807) is 0 Å². The van der Waals surface area contributed by atoms with Gasteiger partial charge in [0.2, 0.25) is 11.0 Å². The highest BCUT2D eigenvalue weighted by Gasteiger charge is 2.13. The molecule has 0 radical (unpaired) electrons. The van der Waals surface area contributed by atoms with Crippen LogP contribution in [0.15, 0.2) is 28.7 Å². The molecule has 0 saturated carbocycles. The lowest BCUT2D eigenvalue weighted by molar-refractivity contribution is 0.516. The molecular weight excluding hydrogens is 332 g/mol. The van der Waals surface area contributed by atoms with Gasteiger partial charge in [0, 0.05) is 28.0 Å². The van der Waals surface area contributed by atoms with Crippen LogP contribution in [-0.4, -0.2) is 14.3 Å². The van der Waals surface area contributed by atoms with Gasteiger partial charge in [-0.15, -0.1) is 0 Å². The van der Waals surface area contributed by atoms with Crippen molar-refractivity contribution in [3.63, 3.8) is 0 Å². The van der Waals surface area contributed by atoms with E-state index >= 15 is 0 Å². The normalized spacial score (nSPS) is 11.2. The molecule has 23 heavy (non-hydrogen) atoms. The van der Waals surface area contributed by atoms with Gasteiger partial charge in [0.05, 0.1) is 12.2 Å². The van der Waals surface area contributed by atoms with Crippen LogP contribution in [0.1, 0.15) is 37.2 Å². The van der Waals surface area contributed by atoms with Crippen molar-refractivity contribution in [3.8, 4) is 11.3 Å². The fourth-order valence-corrected chi connectivity index (χ4v) is 2.92. The summed E-state index contributed by atoms with van der Waals surface area (Å²) in [6.07, 6.45) is 0. The summed E-state index contributed by atoms with van der Waals surface area (Å²) in [6.45, 7) is 6.54. The molecule has 3 rings (SSSR count). The summed E-state index contributed by atoms with van der Waals surface area (Å²) in [4.78, 5) is 8.89. The molecule has 7 heteroatoms. The standard InChI is InChI=1S/C16H17ClN4OS/c1-9(2)15-20-16(23-21-15)18-8-13-19-10(3)14(22-13)11-4-6-12(17)7-5-11/h4-7,9H,8H2,1-3H3,(H,18,20,21). The van der Waals surface area contributed by atoms with Crippen LogP contribution in [0.5, 0.6) is 0 Å². The quantitative estimate of drug-likeness (QED) is 0.711. The molecule has 2 aromatic heterocycles. The summed E-state index contributed by atoms with van der Waals surface area (Å²) in [6, 6.07) is 7.52. The zero-order chi connectivity index (χ0) is 16.4. The predicted octanol–water partition coefficient (Wildman–Crippen LogP) is 4.89. The highest BCUT2D eigenvalue weighted by atomic mass is 35.5. The van der Waals surface area contributed by atoms with Gasteiger partial charge < -0.3 is 9.73 Å². The van der Waals surface area contributed by atoms with Crippen molar-refractivity contribution in [3.05, 3.63) is 46.7 Å². The fourth-order valence-electron chi connectivity index (χ4n) is 2.09. The first-order valence-corrected chi connectivity index (χ1v) is 8.48. The lowest BCUT2D eigenvalue weighted by atomic mass is 10.1. The number of benzene rings is 1. The molecule has 1 N–H and O–H groups in total. The van der Waals surface area contributed by atoms with E-state index in [-0.39, 0.29) is 0 Å². The van der Waals surface area contributed by atoms with E-state index in [1.807, 2.05) is 31.2 Å². The first kappa shape index (κ1) is 16.0. The third-order valence-corrected chi connectivity index (χ3v) is 4.24. The molecule has 0 fully saturated rings. The van der Waals surface area contributed by atoms with Crippen LogP contribution in [0.25, 0.3) is 11.3 Å². The Hall–Kier alpha value is -1.92. The largest absolute Gasteiger partial charge is 0.438 e. The number of hydrogen-bond acceptors (Lipinski definition) is 6. The second kappa shape index (κ2) is 6.68. The molecule has 0 atom stereocenters. The average molecular weight is 349 g/mol. The van der Waals surface area contributed by atoms with Crippen LogP contribution in [0.2, 0.25) is 5.02 Å². The van der Waals surface area contributed by atoms with Crippen molar-refractivity contribution in [2.75, 3.05) is 5.32 Å². The SMILES string of the molecule is Cc1nc(CNc2nc(C(C)C)ns2)oc1-c1ccc(Cl)cc1. The van der Waals surface area contributed by atoms with Crippen molar-refractivity contribution >= 4 is 28.3 Å². The molecule has 0 bridgehead atoms. The van der Waals surface area contributed by atoms with E-state index in [2.05, 4.69) is 33.5 Å². The van der Waals surface area contributed by atoms with Gasteiger partial charge in [0.15, 0.2) is 5.76 Å². The molecule has 0 aliphatic rings. The second-order valence-electron chi connectivity index (χ2n) is 5.50. The minimum absolute atomic E-state index is 0.322. The van der Waals surface area contributed by atoms with Crippen LogP contribution >= 0.6 is 23.1 Å². The van der Waals surface area contributed by atoms with E-state index in [0.29, 0.717) is 23.4 Å². The molecular formula is C16H17ClN4OS. The Balaban J connectivity index is 1.71. The molecule has 0 unspecified atom stereocenters. The number of anilines is 1. The lowest BCUT2D eigenvalue weighted by Crippen LogP contribution is -1.99. The third-order valence-electron chi connectivity index (χ3n) is 3.30. The fraction of sp³-hybridized carbons (Fsp3) is 0.312. The number of oxazole rings is 1. The molecule has 0 amide bonds. The average Bonchev–Trinajstić information content (AvgIpc) is 3.13. The second-order valence-corrected chi connectivity index (χ2v) is 6.68. The van der Waals surface area contributed by atoms with Gasteiger partial charge in [-0.05, 0) is 31.2 Å². The Morgan fingerprint density at radius 2 is 1.96 bits per heavy atom. The van der Waals surface area contributed by atoms with E-state index in [0.717, 1.165) is 28.0 Å². The van der Waals surface area contributed by atoms with Gasteiger partial charge in [0.1, 0.15) is 5.82 Å². The Morgan fingerprint density at radius 3 is 2.61 bits per heavy atom. The van der Waals surface area contributed by atoms with Crippen LogP contribution in [-0.2, 0) is 6.54 Å². The first-order chi connectivity index (χ1) is 11.0. The Kier molecular flexibility index (Phi) is 4.63. The summed E-state index contributed by atoms with van der Waals surface area (Å²) < 4.78 is 10.2. The molecule has 120 valence electrons. The number of rotatable bonds is 5. The number of aromatic nitrogens is 3. The minimum atomic E-state index is 0.322. The predicted molar refractivity (Wildman–Crippen MR) is 93.0 cm³/mol. The summed E-state index contributed by atoms with van der Waals surface area (Å²) in [5, 5.41) is 4.68. The molecule has 0 aliphatic heterocycles. The molecule has 0 aliphatic carbocycles. The summed E-state index contributed by atoms with van der Waals surface area (Å²) >= 11 is 7.27. The smallest absolute Gasteiger partial charge is 0.214 e. The maximum Gasteiger partial charge on any atom is 0.214 e. The van der Waals surface area contributed by atoms with Crippen molar-refractivity contribution in [1.29, 1.82) is 0 Å². The zero-order valence-corrected chi connectivity index (χ0v) is 14.7. The van der Waals surface area contributed by atoms with Gasteiger partial charge >= 0.3 is 0 Å². The summed E-state index contributed by atoms with van der Waals surface area (Å²) in [5.74, 6) is 2.55. The lowest BCUT2D eigenvalue weighted by Gasteiger charge is -1.99. The summed E-state index contributed by atoms with van der Waals surface area (Å²) in [7, 11) is 0. The summed E-state index contributed by atoms with van der Waals surface area (Å²) in [5.41, 5.74) is 1.81. The maximum absolute atomic E-state index is 5.92. The van der Waals surface area contributed by atoms with Crippen molar-refractivity contribution in [1.82, 2.24) is 14.3 Å². The number of nitrogens with zero attached hydrogens (tertiary/aromatic N) is 3. The Morgan fingerprint density at radius 1 is 1.22 bits per heavy atom. The van der Waals surface area contributed by atoms with Crippen molar-refractivity contribution in [2.45, 2.75) is 33.2 Å². The van der Waals surface area contributed by atoms with E-state index in [4.69, 9.17) is 16.0 Å². The first-order valence-electron chi connectivity index (χ1n) is 7.32. The molecule has 0 spiro atoms. The number of halogens is 1. The minimum Gasteiger partial charge on any atom is -0.438 e. The highest BCUT2D eigenvalue weighted by molar-refractivity contribution is 7.09. The molecule has 3 aromatic rings. The topological polar surface area (TPSA) is 63.8 Å². The monoisotopic (exact) mass is 348 g/mol. The van der Waals surface area contributed by atoms with Crippen LogP contribution in [0.4, 0.5) is 5.13 Å². The van der Waals surface area contributed by atoms with Crippen LogP contribution in [0.3, 0.4) is 0 Å². The van der Waals surface area contributed by atoms with Gasteiger partial charge in [-0.2, -0.15) is 4.37 Å². The molecule has 5 nitrogen and oxygen atoms in total. The number of nitrogens with one attached hydrogen (secondary N) is 1. The van der Waals surface area contributed by atoms with E-state index in [1.165, 1.54) is 11.5 Å². The van der Waals surface area contributed by atoms with Gasteiger partial charge in [-0.25, -0.2) is 9.97 Å². The Labute approximate surface area is 143 Å². The highest BCUT2D eigenvalue weighted by Crippen LogP contribution is 2.26. The zero-order valence-electron chi connectivity index (χ0n) is 13.1. The third kappa shape index (κ3) is 3.71. The Bertz CT molecular complexity index is 795. The van der Waals surface area contributed by atoms with Crippen molar-refractivity contribution in [2.24, 2.45) is 0 Å². The van der Waals surface area contributed by atoms with E-state index in [9.17, 15) is 0 Å². The maximum atomic E-state index is 5.92. The van der Waals surface area contributed by atoms with E-state index < -0.39 is 0 Å². The van der Waals surface area contributed by atoms with Gasteiger partial charge in [-0.1, -0.05) is 25.4 Å². The molecule has 0 saturated heterocycles. The van der Waals surface area contributed by atoms with Crippen LogP contribution < -0.4 is 5.32 Å². The molecule has 2 heterocycles. The van der Waals surface area contributed by atoms with Gasteiger partial charge in [0.25, 0.3) is 0 Å². The molecule has 1 aromatic carbocycles. The number of aryl methyl sites for hydroxylation is 1. The van der Waals surface area contributed by atoms with Crippen LogP contribution in [0, 0.1) is 6.92 Å².